The van der Waals surface area contributed by atoms with Gasteiger partial charge < -0.3 is 18.9 Å². The first-order valence-corrected chi connectivity index (χ1v) is 24.7. The smallest absolute Gasteiger partial charge is 0.126 e. The first-order valence-electron chi connectivity index (χ1n) is 24.7. The van der Waals surface area contributed by atoms with Crippen LogP contribution in [0.1, 0.15) is 204 Å². The monoisotopic (exact) mass is 845 g/mol. The van der Waals surface area contributed by atoms with Crippen molar-refractivity contribution in [3.05, 3.63) is 82.9 Å². The molecule has 6 heteroatoms. The van der Waals surface area contributed by atoms with Crippen molar-refractivity contribution in [1.82, 2.24) is 0 Å². The van der Waals surface area contributed by atoms with Gasteiger partial charge in [-0.3, -0.25) is 0 Å². The fraction of sp³-hybridized carbons (Fsp3) is 0.571. The molecule has 338 valence electrons. The van der Waals surface area contributed by atoms with Crippen molar-refractivity contribution in [2.75, 3.05) is 26.4 Å². The summed E-state index contributed by atoms with van der Waals surface area (Å²) in [6.07, 6.45) is 32.5. The third-order valence-corrected chi connectivity index (χ3v) is 11.4. The number of rotatable bonds is 36. The van der Waals surface area contributed by atoms with Gasteiger partial charge in [0.15, 0.2) is 0 Å². The van der Waals surface area contributed by atoms with Crippen molar-refractivity contribution in [2.24, 2.45) is 0 Å². The van der Waals surface area contributed by atoms with Gasteiger partial charge in [0, 0.05) is 11.1 Å². The molecule has 0 saturated heterocycles. The molecule has 3 aromatic rings. The molecule has 6 nitrogen and oxygen atoms in total. The Morgan fingerprint density at radius 1 is 0.387 bits per heavy atom. The number of ether oxygens (including phenoxy) is 4. The predicted octanol–water partition coefficient (Wildman–Crippen LogP) is 16.8. The first kappa shape index (κ1) is 51.7. The molecule has 0 amide bonds. The molecule has 3 rings (SSSR count). The van der Waals surface area contributed by atoms with E-state index in [1.807, 2.05) is 72.8 Å². The summed E-state index contributed by atoms with van der Waals surface area (Å²) in [5.74, 6) is 3.05. The number of nitrogens with zero attached hydrogens (tertiary/aromatic N) is 2. The topological polar surface area (TPSA) is 84.5 Å². The minimum absolute atomic E-state index is 0.511. The molecule has 0 bridgehead atoms. The summed E-state index contributed by atoms with van der Waals surface area (Å²) in [5.41, 5.74) is 4.20. The summed E-state index contributed by atoms with van der Waals surface area (Å²) in [7, 11) is 0. The Balaban J connectivity index is 1.82. The van der Waals surface area contributed by atoms with E-state index in [1.54, 1.807) is 0 Å². The zero-order chi connectivity index (χ0) is 44.3. The molecule has 0 fully saturated rings. The molecule has 3 aromatic carbocycles. The van der Waals surface area contributed by atoms with Gasteiger partial charge in [-0.15, -0.1) is 0 Å². The quantitative estimate of drug-likeness (QED) is 0.0329. The van der Waals surface area contributed by atoms with Crippen LogP contribution in [-0.4, -0.2) is 26.4 Å². The molecule has 0 aliphatic rings. The second kappa shape index (κ2) is 33.9. The lowest BCUT2D eigenvalue weighted by Gasteiger charge is -2.13. The van der Waals surface area contributed by atoms with E-state index >= 15 is 0 Å². The average molecular weight is 845 g/mol. The Kier molecular flexibility index (Phi) is 28.2. The number of benzene rings is 3. The standard InChI is InChI=1S/C56H80N2O4/c1-5-9-13-17-21-25-37-59-53-33-35-55(61-39-27-23-19-15-11-7-3)49(43-53)41-51(45-57)47-29-31-48(32-30-47)52(46-58)42-50-44-54(60-38-26-22-18-14-10-6-2)34-36-56(50)62-40-28-24-20-16-12-8-4/h29-36,41-44H,5-28,37-40H2,1-4H3/b51-41+,52-42+. The zero-order valence-corrected chi connectivity index (χ0v) is 39.3. The Bertz CT molecular complexity index is 1650. The van der Waals surface area contributed by atoms with Crippen LogP contribution in [-0.2, 0) is 0 Å². The molecule has 0 radical (unpaired) electrons. The van der Waals surface area contributed by atoms with Gasteiger partial charge in [-0.25, -0.2) is 0 Å². The first-order chi connectivity index (χ1) is 30.6. The van der Waals surface area contributed by atoms with E-state index in [9.17, 15) is 10.5 Å². The van der Waals surface area contributed by atoms with E-state index < -0.39 is 0 Å². The van der Waals surface area contributed by atoms with Crippen molar-refractivity contribution < 1.29 is 18.9 Å². The Morgan fingerprint density at radius 3 is 0.984 bits per heavy atom. The van der Waals surface area contributed by atoms with Crippen LogP contribution in [0.2, 0.25) is 0 Å². The third kappa shape index (κ3) is 21.4. The maximum atomic E-state index is 10.4. The highest BCUT2D eigenvalue weighted by Crippen LogP contribution is 2.32. The van der Waals surface area contributed by atoms with Gasteiger partial charge in [0.25, 0.3) is 0 Å². The summed E-state index contributed by atoms with van der Waals surface area (Å²) < 4.78 is 25.0. The highest BCUT2D eigenvalue weighted by molar-refractivity contribution is 5.93. The summed E-state index contributed by atoms with van der Waals surface area (Å²) >= 11 is 0. The molecule has 62 heavy (non-hydrogen) atoms. The average Bonchev–Trinajstić information content (AvgIpc) is 3.29. The molecule has 0 unspecified atom stereocenters. The number of hydrogen-bond acceptors (Lipinski definition) is 6. The lowest BCUT2D eigenvalue weighted by atomic mass is 9.98. The number of unbranched alkanes of at least 4 members (excludes halogenated alkanes) is 20. The number of nitriles is 2. The van der Waals surface area contributed by atoms with Gasteiger partial charge in [-0.2, -0.15) is 10.5 Å². The summed E-state index contributed by atoms with van der Waals surface area (Å²) in [4.78, 5) is 0. The molecule has 0 atom stereocenters. The van der Waals surface area contributed by atoms with Crippen LogP contribution in [0.5, 0.6) is 23.0 Å². The van der Waals surface area contributed by atoms with Crippen LogP contribution in [0.25, 0.3) is 23.3 Å². The van der Waals surface area contributed by atoms with Crippen LogP contribution in [0.4, 0.5) is 0 Å². The minimum atomic E-state index is 0.511. The van der Waals surface area contributed by atoms with Gasteiger partial charge in [0.05, 0.1) is 49.7 Å². The lowest BCUT2D eigenvalue weighted by molar-refractivity contribution is 0.296. The van der Waals surface area contributed by atoms with Gasteiger partial charge >= 0.3 is 0 Å². The van der Waals surface area contributed by atoms with Crippen molar-refractivity contribution in [3.63, 3.8) is 0 Å². The van der Waals surface area contributed by atoms with Crippen LogP contribution < -0.4 is 18.9 Å². The Hall–Kier alpha value is -4.68. The molecule has 0 heterocycles. The van der Waals surface area contributed by atoms with Gasteiger partial charge in [0.2, 0.25) is 0 Å². The van der Waals surface area contributed by atoms with Crippen LogP contribution in [0.15, 0.2) is 60.7 Å². The van der Waals surface area contributed by atoms with Gasteiger partial charge in [-0.05, 0) is 85.4 Å². The Labute approximate surface area is 377 Å². The van der Waals surface area contributed by atoms with Crippen LogP contribution in [0, 0.1) is 22.7 Å². The number of allylic oxidation sites excluding steroid dienone is 2. The Morgan fingerprint density at radius 2 is 0.677 bits per heavy atom. The van der Waals surface area contributed by atoms with Crippen LogP contribution >= 0.6 is 0 Å². The summed E-state index contributed by atoms with van der Waals surface area (Å²) in [5, 5.41) is 20.9. The van der Waals surface area contributed by atoms with Crippen molar-refractivity contribution >= 4 is 23.3 Å². The SMILES string of the molecule is CCCCCCCCOc1ccc(OCCCCCCCC)c(/C=C(\C#N)c2ccc(/C(C#N)=C/c3cc(OCCCCCCCC)ccc3OCCCCCCCC)cc2)c1. The molecular weight excluding hydrogens is 765 g/mol. The lowest BCUT2D eigenvalue weighted by Crippen LogP contribution is -2.01. The molecule has 0 N–H and O–H groups in total. The summed E-state index contributed by atoms with van der Waals surface area (Å²) in [6, 6.07) is 24.4. The second-order valence-electron chi connectivity index (χ2n) is 16.8. The van der Waals surface area contributed by atoms with E-state index in [4.69, 9.17) is 18.9 Å². The maximum Gasteiger partial charge on any atom is 0.126 e. The molecule has 0 aliphatic heterocycles. The molecule has 0 aromatic heterocycles. The normalized spacial score (nSPS) is 11.6. The van der Waals surface area contributed by atoms with E-state index in [-0.39, 0.29) is 0 Å². The largest absolute Gasteiger partial charge is 0.494 e. The van der Waals surface area contributed by atoms with Crippen molar-refractivity contribution in [3.8, 4) is 35.1 Å². The molecule has 0 aliphatic carbocycles. The second-order valence-corrected chi connectivity index (χ2v) is 16.8. The highest BCUT2D eigenvalue weighted by atomic mass is 16.5. The van der Waals surface area contributed by atoms with Crippen molar-refractivity contribution in [1.29, 1.82) is 10.5 Å². The highest BCUT2D eigenvalue weighted by Gasteiger charge is 2.12. The zero-order valence-electron chi connectivity index (χ0n) is 39.3. The summed E-state index contributed by atoms with van der Waals surface area (Å²) in [6.45, 7) is 11.5. The van der Waals surface area contributed by atoms with Gasteiger partial charge in [0.1, 0.15) is 23.0 Å². The maximum absolute atomic E-state index is 10.4. The van der Waals surface area contributed by atoms with E-state index in [2.05, 4.69) is 39.8 Å². The van der Waals surface area contributed by atoms with Gasteiger partial charge in [-0.1, -0.05) is 180 Å². The minimum Gasteiger partial charge on any atom is -0.494 e. The van der Waals surface area contributed by atoms with E-state index in [0.717, 1.165) is 96.6 Å². The van der Waals surface area contributed by atoms with E-state index in [0.29, 0.717) is 37.6 Å². The third-order valence-electron chi connectivity index (χ3n) is 11.4. The van der Waals surface area contributed by atoms with Crippen molar-refractivity contribution in [2.45, 2.75) is 182 Å². The predicted molar refractivity (Wildman–Crippen MR) is 262 cm³/mol. The van der Waals surface area contributed by atoms with Crippen LogP contribution in [0.3, 0.4) is 0 Å². The number of hydrogen-bond donors (Lipinski definition) is 0. The van der Waals surface area contributed by atoms with E-state index in [1.165, 1.54) is 103 Å². The molecular formula is C56H80N2O4. The molecule has 0 saturated carbocycles. The molecule has 0 spiro atoms. The fourth-order valence-electron chi connectivity index (χ4n) is 7.50. The fourth-order valence-corrected chi connectivity index (χ4v) is 7.50.